The molecule has 0 unspecified atom stereocenters. The molecule has 0 aliphatic rings. The lowest BCUT2D eigenvalue weighted by atomic mass is 10.1. The van der Waals surface area contributed by atoms with Crippen LogP contribution >= 0.6 is 0 Å². The molecule has 15 heavy (non-hydrogen) atoms. The SMILES string of the molecule is CCOC(=O)/C=C(/CC)c1cnn(C)c1. The van der Waals surface area contributed by atoms with Crippen LogP contribution in [-0.4, -0.2) is 22.4 Å². The van der Waals surface area contributed by atoms with E-state index < -0.39 is 0 Å². The van der Waals surface area contributed by atoms with Crippen molar-refractivity contribution in [2.75, 3.05) is 6.61 Å². The Hall–Kier alpha value is -1.58. The van der Waals surface area contributed by atoms with Crippen molar-refractivity contribution >= 4 is 11.5 Å². The molecule has 4 heteroatoms. The zero-order valence-corrected chi connectivity index (χ0v) is 9.36. The fourth-order valence-corrected chi connectivity index (χ4v) is 1.30. The third kappa shape index (κ3) is 3.23. The number of carbonyl (C=O) groups is 1. The van der Waals surface area contributed by atoms with Crippen molar-refractivity contribution in [2.45, 2.75) is 20.3 Å². The van der Waals surface area contributed by atoms with E-state index in [0.717, 1.165) is 17.6 Å². The number of aromatic nitrogens is 2. The van der Waals surface area contributed by atoms with E-state index >= 15 is 0 Å². The largest absolute Gasteiger partial charge is 0.463 e. The second-order valence-corrected chi connectivity index (χ2v) is 3.18. The number of hydrogen-bond donors (Lipinski definition) is 0. The summed E-state index contributed by atoms with van der Waals surface area (Å²) >= 11 is 0. The zero-order chi connectivity index (χ0) is 11.3. The number of allylic oxidation sites excluding steroid dienone is 1. The van der Waals surface area contributed by atoms with Gasteiger partial charge in [0.1, 0.15) is 0 Å². The Morgan fingerprint density at radius 2 is 2.33 bits per heavy atom. The predicted octanol–water partition coefficient (Wildman–Crippen LogP) is 1.78. The summed E-state index contributed by atoms with van der Waals surface area (Å²) in [5, 5.41) is 4.06. The Bertz CT molecular complexity index is 366. The molecule has 1 aromatic rings. The van der Waals surface area contributed by atoms with Gasteiger partial charge in [0, 0.05) is 24.9 Å². The number of aryl methyl sites for hydroxylation is 1. The van der Waals surface area contributed by atoms with Crippen molar-refractivity contribution in [1.29, 1.82) is 0 Å². The standard InChI is InChI=1S/C11H16N2O2/c1-4-9(6-11(14)15-5-2)10-7-12-13(3)8-10/h6-8H,4-5H2,1-3H3/b9-6-. The third-order valence-corrected chi connectivity index (χ3v) is 2.04. The van der Waals surface area contributed by atoms with Crippen LogP contribution in [0.5, 0.6) is 0 Å². The number of carbonyl (C=O) groups excluding carboxylic acids is 1. The third-order valence-electron chi connectivity index (χ3n) is 2.04. The van der Waals surface area contributed by atoms with Gasteiger partial charge in [0.2, 0.25) is 0 Å². The molecule has 1 rings (SSSR count). The van der Waals surface area contributed by atoms with E-state index in [2.05, 4.69) is 5.10 Å². The molecule has 0 saturated carbocycles. The van der Waals surface area contributed by atoms with E-state index in [1.54, 1.807) is 17.8 Å². The molecule has 0 atom stereocenters. The van der Waals surface area contributed by atoms with Crippen molar-refractivity contribution in [2.24, 2.45) is 7.05 Å². The molecule has 0 saturated heterocycles. The average Bonchev–Trinajstić information content (AvgIpc) is 2.61. The number of esters is 1. The number of nitrogens with zero attached hydrogens (tertiary/aromatic N) is 2. The Morgan fingerprint density at radius 3 is 2.80 bits per heavy atom. The fraction of sp³-hybridized carbons (Fsp3) is 0.455. The number of hydrogen-bond acceptors (Lipinski definition) is 3. The molecule has 1 heterocycles. The van der Waals surface area contributed by atoms with Gasteiger partial charge in [-0.05, 0) is 18.9 Å². The van der Waals surface area contributed by atoms with Crippen LogP contribution in [-0.2, 0) is 16.6 Å². The quantitative estimate of drug-likeness (QED) is 0.559. The fourth-order valence-electron chi connectivity index (χ4n) is 1.30. The smallest absolute Gasteiger partial charge is 0.331 e. The second-order valence-electron chi connectivity index (χ2n) is 3.18. The van der Waals surface area contributed by atoms with Gasteiger partial charge in [-0.3, -0.25) is 4.68 Å². The van der Waals surface area contributed by atoms with Gasteiger partial charge in [0.05, 0.1) is 12.8 Å². The molecule has 0 aliphatic heterocycles. The van der Waals surface area contributed by atoms with Gasteiger partial charge in [-0.2, -0.15) is 5.10 Å². The first-order valence-corrected chi connectivity index (χ1v) is 5.03. The van der Waals surface area contributed by atoms with Gasteiger partial charge in [-0.25, -0.2) is 4.79 Å². The normalized spacial score (nSPS) is 11.5. The summed E-state index contributed by atoms with van der Waals surface area (Å²) in [6, 6.07) is 0. The molecule has 82 valence electrons. The minimum absolute atomic E-state index is 0.293. The Labute approximate surface area is 89.5 Å². The maximum Gasteiger partial charge on any atom is 0.331 e. The maximum absolute atomic E-state index is 11.3. The molecule has 0 radical (unpaired) electrons. The topological polar surface area (TPSA) is 44.1 Å². The average molecular weight is 208 g/mol. The van der Waals surface area contributed by atoms with Crippen LogP contribution in [0.2, 0.25) is 0 Å². The molecule has 1 aromatic heterocycles. The molecule has 0 bridgehead atoms. The zero-order valence-electron chi connectivity index (χ0n) is 9.36. The van der Waals surface area contributed by atoms with Crippen molar-refractivity contribution < 1.29 is 9.53 Å². The van der Waals surface area contributed by atoms with Gasteiger partial charge in [0.25, 0.3) is 0 Å². The van der Waals surface area contributed by atoms with Crippen LogP contribution in [0.4, 0.5) is 0 Å². The Morgan fingerprint density at radius 1 is 1.60 bits per heavy atom. The molecule has 0 amide bonds. The van der Waals surface area contributed by atoms with Crippen LogP contribution in [0.3, 0.4) is 0 Å². The summed E-state index contributed by atoms with van der Waals surface area (Å²) in [6.07, 6.45) is 5.94. The van der Waals surface area contributed by atoms with E-state index in [1.165, 1.54) is 6.08 Å². The summed E-state index contributed by atoms with van der Waals surface area (Å²) in [7, 11) is 1.85. The summed E-state index contributed by atoms with van der Waals surface area (Å²) in [6.45, 7) is 4.19. The maximum atomic E-state index is 11.3. The van der Waals surface area contributed by atoms with Crippen molar-refractivity contribution in [3.63, 3.8) is 0 Å². The lowest BCUT2D eigenvalue weighted by Crippen LogP contribution is -2.00. The molecule has 0 N–H and O–H groups in total. The van der Waals surface area contributed by atoms with E-state index in [4.69, 9.17) is 4.74 Å². The van der Waals surface area contributed by atoms with E-state index in [9.17, 15) is 4.79 Å². The van der Waals surface area contributed by atoms with Crippen LogP contribution in [0, 0.1) is 0 Å². The van der Waals surface area contributed by atoms with Crippen LogP contribution in [0.25, 0.3) is 5.57 Å². The molecule has 0 fully saturated rings. The molecular formula is C11H16N2O2. The monoisotopic (exact) mass is 208 g/mol. The summed E-state index contributed by atoms with van der Waals surface area (Å²) in [5.74, 6) is -0.293. The molecule has 0 aromatic carbocycles. The lowest BCUT2D eigenvalue weighted by Gasteiger charge is -2.01. The Balaban J connectivity index is 2.83. The minimum Gasteiger partial charge on any atom is -0.463 e. The summed E-state index contributed by atoms with van der Waals surface area (Å²) in [4.78, 5) is 11.3. The van der Waals surface area contributed by atoms with Crippen molar-refractivity contribution in [3.8, 4) is 0 Å². The highest BCUT2D eigenvalue weighted by atomic mass is 16.5. The van der Waals surface area contributed by atoms with Gasteiger partial charge < -0.3 is 4.74 Å². The first kappa shape index (κ1) is 11.5. The first-order chi connectivity index (χ1) is 7.17. The lowest BCUT2D eigenvalue weighted by molar-refractivity contribution is -0.137. The van der Waals surface area contributed by atoms with E-state index in [-0.39, 0.29) is 5.97 Å². The van der Waals surface area contributed by atoms with E-state index in [1.807, 2.05) is 20.2 Å². The molecule has 0 spiro atoms. The molecule has 4 nitrogen and oxygen atoms in total. The highest BCUT2D eigenvalue weighted by Gasteiger charge is 2.05. The van der Waals surface area contributed by atoms with Gasteiger partial charge >= 0.3 is 5.97 Å². The highest BCUT2D eigenvalue weighted by molar-refractivity contribution is 5.91. The van der Waals surface area contributed by atoms with Crippen LogP contribution in [0.1, 0.15) is 25.8 Å². The van der Waals surface area contributed by atoms with Gasteiger partial charge in [-0.1, -0.05) is 6.92 Å². The van der Waals surface area contributed by atoms with Crippen molar-refractivity contribution in [1.82, 2.24) is 9.78 Å². The number of ether oxygens (including phenoxy) is 1. The van der Waals surface area contributed by atoms with Crippen LogP contribution < -0.4 is 0 Å². The van der Waals surface area contributed by atoms with Gasteiger partial charge in [0.15, 0.2) is 0 Å². The van der Waals surface area contributed by atoms with Crippen molar-refractivity contribution in [3.05, 3.63) is 24.0 Å². The first-order valence-electron chi connectivity index (χ1n) is 5.03. The number of rotatable bonds is 4. The summed E-state index contributed by atoms with van der Waals surface area (Å²) < 4.78 is 6.57. The van der Waals surface area contributed by atoms with E-state index in [0.29, 0.717) is 6.61 Å². The molecular weight excluding hydrogens is 192 g/mol. The predicted molar refractivity (Wildman–Crippen MR) is 58.1 cm³/mol. The van der Waals surface area contributed by atoms with Gasteiger partial charge in [-0.15, -0.1) is 0 Å². The Kier molecular flexibility index (Phi) is 4.09. The van der Waals surface area contributed by atoms with Crippen LogP contribution in [0.15, 0.2) is 18.5 Å². The molecule has 0 aliphatic carbocycles. The summed E-state index contributed by atoms with van der Waals surface area (Å²) in [5.41, 5.74) is 1.91. The minimum atomic E-state index is -0.293. The second kappa shape index (κ2) is 5.34. The highest BCUT2D eigenvalue weighted by Crippen LogP contribution is 2.16.